The molecule has 2 heteroatoms. The second-order valence-electron chi connectivity index (χ2n) is 4.18. The molecule has 0 aliphatic carbocycles. The number of hydrogen-bond acceptors (Lipinski definition) is 2. The van der Waals surface area contributed by atoms with Gasteiger partial charge in [-0.25, -0.2) is 0 Å². The Labute approximate surface area is 141 Å². The molecule has 0 N–H and O–H groups in total. The molecule has 1 unspecified atom stereocenters. The van der Waals surface area contributed by atoms with Crippen molar-refractivity contribution in [3.8, 4) is 5.75 Å². The topological polar surface area (TPSA) is 26.3 Å². The van der Waals surface area contributed by atoms with E-state index in [1.54, 1.807) is 0 Å². The molecular formula is C21H30O2. The van der Waals surface area contributed by atoms with Crippen LogP contribution < -0.4 is 4.74 Å². The SMILES string of the molecule is CC.CC.CC.O=C1CC(c2ccccc2)c2ccccc2O1. The van der Waals surface area contributed by atoms with Gasteiger partial charge in [0.05, 0.1) is 6.42 Å². The van der Waals surface area contributed by atoms with E-state index in [9.17, 15) is 4.79 Å². The summed E-state index contributed by atoms with van der Waals surface area (Å²) in [5, 5.41) is 0. The lowest BCUT2D eigenvalue weighted by atomic mass is 9.86. The smallest absolute Gasteiger partial charge is 0.312 e. The summed E-state index contributed by atoms with van der Waals surface area (Å²) in [6, 6.07) is 17.8. The number of fused-ring (bicyclic) bond motifs is 1. The van der Waals surface area contributed by atoms with E-state index in [0.717, 1.165) is 11.1 Å². The molecule has 0 aromatic heterocycles. The fraction of sp³-hybridized carbons (Fsp3) is 0.381. The van der Waals surface area contributed by atoms with Gasteiger partial charge in [0.15, 0.2) is 0 Å². The molecule has 0 fully saturated rings. The maximum absolute atomic E-state index is 11.6. The Morgan fingerprint density at radius 2 is 1.30 bits per heavy atom. The maximum Gasteiger partial charge on any atom is 0.312 e. The van der Waals surface area contributed by atoms with E-state index in [1.807, 2.05) is 84.0 Å². The van der Waals surface area contributed by atoms with Crippen molar-refractivity contribution in [2.24, 2.45) is 0 Å². The number of esters is 1. The molecule has 0 amide bonds. The molecule has 126 valence electrons. The lowest BCUT2D eigenvalue weighted by molar-refractivity contribution is -0.135. The van der Waals surface area contributed by atoms with Crippen LogP contribution in [0.2, 0.25) is 0 Å². The Morgan fingerprint density at radius 3 is 1.91 bits per heavy atom. The molecule has 0 radical (unpaired) electrons. The van der Waals surface area contributed by atoms with Gasteiger partial charge in [0.1, 0.15) is 5.75 Å². The number of carbonyl (C=O) groups excluding carboxylic acids is 1. The average Bonchev–Trinajstić information content (AvgIpc) is 2.66. The zero-order chi connectivity index (χ0) is 17.7. The summed E-state index contributed by atoms with van der Waals surface area (Å²) in [6.07, 6.45) is 0.418. The van der Waals surface area contributed by atoms with E-state index >= 15 is 0 Å². The minimum Gasteiger partial charge on any atom is -0.426 e. The monoisotopic (exact) mass is 314 g/mol. The summed E-state index contributed by atoms with van der Waals surface area (Å²) < 4.78 is 5.24. The van der Waals surface area contributed by atoms with Gasteiger partial charge < -0.3 is 4.74 Å². The molecule has 1 atom stereocenters. The zero-order valence-corrected chi connectivity index (χ0v) is 15.3. The number of carbonyl (C=O) groups is 1. The second kappa shape index (κ2) is 12.5. The fourth-order valence-electron chi connectivity index (χ4n) is 2.29. The standard InChI is InChI=1S/C15H12O2.3C2H6/c16-15-10-13(11-6-2-1-3-7-11)12-8-4-5-9-14(12)17-15;3*1-2/h1-9,13H,10H2;3*1-2H3. The molecule has 2 aromatic rings. The first-order valence-corrected chi connectivity index (χ1v) is 8.69. The van der Waals surface area contributed by atoms with E-state index in [2.05, 4.69) is 12.1 Å². The van der Waals surface area contributed by atoms with Crippen LogP contribution in [0.1, 0.15) is 65.0 Å². The van der Waals surface area contributed by atoms with Crippen molar-refractivity contribution in [3.63, 3.8) is 0 Å². The summed E-state index contributed by atoms with van der Waals surface area (Å²) in [4.78, 5) is 11.6. The predicted octanol–water partition coefficient (Wildman–Crippen LogP) is 6.21. The summed E-state index contributed by atoms with van der Waals surface area (Å²) in [5.74, 6) is 0.656. The van der Waals surface area contributed by atoms with Gasteiger partial charge in [0.2, 0.25) is 0 Å². The van der Waals surface area contributed by atoms with Crippen molar-refractivity contribution in [1.82, 2.24) is 0 Å². The van der Waals surface area contributed by atoms with Gasteiger partial charge in [-0.15, -0.1) is 0 Å². The first kappa shape index (κ1) is 20.9. The molecule has 0 saturated carbocycles. The lowest BCUT2D eigenvalue weighted by Gasteiger charge is -2.24. The molecule has 0 spiro atoms. The van der Waals surface area contributed by atoms with Crippen molar-refractivity contribution in [2.45, 2.75) is 53.9 Å². The predicted molar refractivity (Wildman–Crippen MR) is 99.0 cm³/mol. The number of benzene rings is 2. The Hall–Kier alpha value is -2.09. The lowest BCUT2D eigenvalue weighted by Crippen LogP contribution is -2.20. The minimum atomic E-state index is -0.155. The number of rotatable bonds is 1. The molecule has 1 aliphatic rings. The highest BCUT2D eigenvalue weighted by molar-refractivity contribution is 5.77. The quantitative estimate of drug-likeness (QED) is 0.462. The van der Waals surface area contributed by atoms with E-state index in [0.29, 0.717) is 12.2 Å². The average molecular weight is 314 g/mol. The van der Waals surface area contributed by atoms with E-state index < -0.39 is 0 Å². The molecule has 1 aliphatic heterocycles. The van der Waals surface area contributed by atoms with Crippen molar-refractivity contribution >= 4 is 5.97 Å². The van der Waals surface area contributed by atoms with Crippen molar-refractivity contribution < 1.29 is 9.53 Å². The highest BCUT2D eigenvalue weighted by Gasteiger charge is 2.27. The van der Waals surface area contributed by atoms with Crippen LogP contribution in [0.25, 0.3) is 0 Å². The van der Waals surface area contributed by atoms with E-state index in [4.69, 9.17) is 4.74 Å². The first-order chi connectivity index (χ1) is 11.3. The van der Waals surface area contributed by atoms with Gasteiger partial charge in [0.25, 0.3) is 0 Å². The van der Waals surface area contributed by atoms with Crippen molar-refractivity contribution in [2.75, 3.05) is 0 Å². The number of ether oxygens (including phenoxy) is 1. The summed E-state index contributed by atoms with van der Waals surface area (Å²) in [6.45, 7) is 12.0. The summed E-state index contributed by atoms with van der Waals surface area (Å²) in [5.41, 5.74) is 2.26. The maximum atomic E-state index is 11.6. The fourth-order valence-corrected chi connectivity index (χ4v) is 2.29. The molecule has 0 bridgehead atoms. The molecule has 2 aromatic carbocycles. The van der Waals surface area contributed by atoms with E-state index in [-0.39, 0.29) is 11.9 Å². The third kappa shape index (κ3) is 5.90. The first-order valence-electron chi connectivity index (χ1n) is 8.69. The van der Waals surface area contributed by atoms with Crippen LogP contribution in [0.4, 0.5) is 0 Å². The van der Waals surface area contributed by atoms with Crippen LogP contribution >= 0.6 is 0 Å². The highest BCUT2D eigenvalue weighted by atomic mass is 16.5. The largest absolute Gasteiger partial charge is 0.426 e. The van der Waals surface area contributed by atoms with Gasteiger partial charge in [-0.05, 0) is 11.6 Å². The minimum absolute atomic E-state index is 0.119. The Bertz CT molecular complexity index is 547. The molecular weight excluding hydrogens is 284 g/mol. The Kier molecular flexibility index (Phi) is 11.3. The van der Waals surface area contributed by atoms with Gasteiger partial charge in [0, 0.05) is 11.5 Å². The molecule has 3 rings (SSSR count). The molecule has 0 saturated heterocycles. The van der Waals surface area contributed by atoms with Crippen LogP contribution in [-0.2, 0) is 4.79 Å². The molecule has 2 nitrogen and oxygen atoms in total. The molecule has 23 heavy (non-hydrogen) atoms. The van der Waals surface area contributed by atoms with Crippen LogP contribution in [0.15, 0.2) is 54.6 Å². The van der Waals surface area contributed by atoms with E-state index in [1.165, 1.54) is 0 Å². The Balaban J connectivity index is 0.000000728. The summed E-state index contributed by atoms with van der Waals surface area (Å²) >= 11 is 0. The third-order valence-electron chi connectivity index (χ3n) is 3.09. The second-order valence-corrected chi connectivity index (χ2v) is 4.18. The highest BCUT2D eigenvalue weighted by Crippen LogP contribution is 2.38. The van der Waals surface area contributed by atoms with Crippen LogP contribution in [-0.4, -0.2) is 5.97 Å². The zero-order valence-electron chi connectivity index (χ0n) is 15.3. The summed E-state index contributed by atoms with van der Waals surface area (Å²) in [7, 11) is 0. The van der Waals surface area contributed by atoms with Gasteiger partial charge in [-0.3, -0.25) is 4.79 Å². The van der Waals surface area contributed by atoms with Crippen molar-refractivity contribution in [3.05, 3.63) is 65.7 Å². The van der Waals surface area contributed by atoms with Crippen LogP contribution in [0.3, 0.4) is 0 Å². The van der Waals surface area contributed by atoms with Gasteiger partial charge in [-0.1, -0.05) is 90.1 Å². The van der Waals surface area contributed by atoms with Crippen molar-refractivity contribution in [1.29, 1.82) is 0 Å². The third-order valence-corrected chi connectivity index (χ3v) is 3.09. The Morgan fingerprint density at radius 1 is 0.783 bits per heavy atom. The molecule has 1 heterocycles. The van der Waals surface area contributed by atoms with Crippen LogP contribution in [0.5, 0.6) is 5.75 Å². The van der Waals surface area contributed by atoms with Gasteiger partial charge >= 0.3 is 5.97 Å². The normalized spacial score (nSPS) is 14.3. The number of hydrogen-bond donors (Lipinski definition) is 0. The van der Waals surface area contributed by atoms with Crippen LogP contribution in [0, 0.1) is 0 Å². The van der Waals surface area contributed by atoms with Gasteiger partial charge in [-0.2, -0.15) is 0 Å². The number of para-hydroxylation sites is 1.